The molecule has 0 heterocycles. The highest BCUT2D eigenvalue weighted by molar-refractivity contribution is 5.88. The number of fused-ring (bicyclic) bond motifs is 1. The number of ether oxygens (including phenoxy) is 1. The van der Waals surface area contributed by atoms with E-state index in [2.05, 4.69) is 11.4 Å². The minimum atomic E-state index is -0.857. The topological polar surface area (TPSA) is 58.6 Å². The second-order valence-corrected chi connectivity index (χ2v) is 6.25. The molecule has 0 saturated heterocycles. The van der Waals surface area contributed by atoms with E-state index < -0.39 is 5.97 Å². The third-order valence-electron chi connectivity index (χ3n) is 4.73. The van der Waals surface area contributed by atoms with E-state index in [0.29, 0.717) is 11.5 Å². The van der Waals surface area contributed by atoms with Gasteiger partial charge in [0.05, 0.1) is 12.7 Å². The van der Waals surface area contributed by atoms with Crippen molar-refractivity contribution in [2.75, 3.05) is 13.7 Å². The fourth-order valence-electron chi connectivity index (χ4n) is 3.47. The van der Waals surface area contributed by atoms with Crippen LogP contribution in [-0.2, 0) is 13.0 Å². The van der Waals surface area contributed by atoms with Crippen molar-refractivity contribution in [2.45, 2.75) is 31.7 Å². The highest BCUT2D eigenvalue weighted by Crippen LogP contribution is 2.32. The summed E-state index contributed by atoms with van der Waals surface area (Å²) in [5.74, 6) is 0.397. The lowest BCUT2D eigenvalue weighted by atomic mass is 9.82. The van der Waals surface area contributed by atoms with Crippen LogP contribution in [0.25, 0.3) is 0 Å². The quantitative estimate of drug-likeness (QED) is 0.852. The summed E-state index contributed by atoms with van der Waals surface area (Å²) in [7, 11) is 1.68. The van der Waals surface area contributed by atoms with Crippen LogP contribution in [0.3, 0.4) is 0 Å². The monoisotopic (exact) mass is 325 g/mol. The van der Waals surface area contributed by atoms with E-state index in [1.54, 1.807) is 13.2 Å². The molecule has 2 N–H and O–H groups in total. The first-order valence-corrected chi connectivity index (χ1v) is 8.37. The third kappa shape index (κ3) is 3.60. The lowest BCUT2D eigenvalue weighted by molar-refractivity contribution is 0.0696. The second kappa shape index (κ2) is 7.49. The lowest BCUT2D eigenvalue weighted by Gasteiger charge is -2.26. The summed E-state index contributed by atoms with van der Waals surface area (Å²) in [6.45, 7) is 1.59. The van der Waals surface area contributed by atoms with Crippen LogP contribution in [0.2, 0.25) is 0 Å². The number of methoxy groups -OCH3 is 1. The Hall–Kier alpha value is -2.33. The highest BCUT2D eigenvalue weighted by Gasteiger charge is 2.21. The van der Waals surface area contributed by atoms with Crippen molar-refractivity contribution < 1.29 is 14.6 Å². The van der Waals surface area contributed by atoms with Crippen molar-refractivity contribution in [3.05, 3.63) is 64.7 Å². The molecule has 1 aliphatic rings. The van der Waals surface area contributed by atoms with E-state index in [0.717, 1.165) is 43.7 Å². The van der Waals surface area contributed by atoms with Gasteiger partial charge in [0.25, 0.3) is 0 Å². The molecule has 2 aromatic rings. The number of benzene rings is 2. The summed E-state index contributed by atoms with van der Waals surface area (Å²) < 4.78 is 5.38. The number of carboxylic acids is 1. The van der Waals surface area contributed by atoms with Crippen molar-refractivity contribution in [1.82, 2.24) is 5.32 Å². The van der Waals surface area contributed by atoms with Crippen LogP contribution >= 0.6 is 0 Å². The Labute approximate surface area is 142 Å². The van der Waals surface area contributed by atoms with Gasteiger partial charge in [0.2, 0.25) is 0 Å². The molecule has 3 rings (SSSR count). The predicted molar refractivity (Wildman–Crippen MR) is 93.8 cm³/mol. The lowest BCUT2D eigenvalue weighted by Crippen LogP contribution is -2.24. The molecule has 126 valence electrons. The van der Waals surface area contributed by atoms with Gasteiger partial charge in [0.1, 0.15) is 5.75 Å². The Balaban J connectivity index is 1.69. The summed E-state index contributed by atoms with van der Waals surface area (Å²) >= 11 is 0. The molecule has 4 nitrogen and oxygen atoms in total. The van der Waals surface area contributed by atoms with Crippen molar-refractivity contribution in [1.29, 1.82) is 0 Å². The van der Waals surface area contributed by atoms with Crippen LogP contribution in [0, 0.1) is 0 Å². The molecule has 1 aliphatic carbocycles. The van der Waals surface area contributed by atoms with Gasteiger partial charge in [-0.05, 0) is 54.5 Å². The van der Waals surface area contributed by atoms with Crippen LogP contribution < -0.4 is 10.1 Å². The van der Waals surface area contributed by atoms with E-state index in [1.165, 1.54) is 11.1 Å². The number of para-hydroxylation sites is 1. The third-order valence-corrected chi connectivity index (χ3v) is 4.73. The number of aryl methyl sites for hydroxylation is 1. The fourth-order valence-corrected chi connectivity index (χ4v) is 3.47. The van der Waals surface area contributed by atoms with Crippen molar-refractivity contribution in [2.24, 2.45) is 0 Å². The molecule has 1 atom stereocenters. The van der Waals surface area contributed by atoms with Crippen LogP contribution in [0.5, 0.6) is 5.75 Å². The molecule has 0 aromatic heterocycles. The number of hydrogen-bond acceptors (Lipinski definition) is 3. The van der Waals surface area contributed by atoms with E-state index >= 15 is 0 Å². The minimum Gasteiger partial charge on any atom is -0.496 e. The SMILES string of the molecule is COc1ccccc1CNC[C@H]1CCCc2ccc(C(=O)O)cc21. The van der Waals surface area contributed by atoms with Crippen LogP contribution in [0.1, 0.15) is 45.8 Å². The van der Waals surface area contributed by atoms with Gasteiger partial charge in [-0.1, -0.05) is 24.3 Å². The average molecular weight is 325 g/mol. The molecule has 0 spiro atoms. The van der Waals surface area contributed by atoms with Gasteiger partial charge in [-0.25, -0.2) is 4.79 Å². The number of rotatable bonds is 6. The maximum absolute atomic E-state index is 11.2. The number of nitrogens with one attached hydrogen (secondary N) is 1. The Morgan fingerprint density at radius 3 is 2.92 bits per heavy atom. The summed E-state index contributed by atoms with van der Waals surface area (Å²) in [6.07, 6.45) is 3.29. The molecular formula is C20H23NO3. The summed E-state index contributed by atoms with van der Waals surface area (Å²) in [6, 6.07) is 13.5. The van der Waals surface area contributed by atoms with E-state index in [9.17, 15) is 9.90 Å². The molecule has 0 fully saturated rings. The normalized spacial score (nSPS) is 16.5. The van der Waals surface area contributed by atoms with Gasteiger partial charge in [0.15, 0.2) is 0 Å². The van der Waals surface area contributed by atoms with E-state index in [-0.39, 0.29) is 0 Å². The van der Waals surface area contributed by atoms with Gasteiger partial charge in [-0.15, -0.1) is 0 Å². The van der Waals surface area contributed by atoms with Gasteiger partial charge in [-0.2, -0.15) is 0 Å². The van der Waals surface area contributed by atoms with Crippen LogP contribution in [-0.4, -0.2) is 24.7 Å². The Morgan fingerprint density at radius 2 is 2.12 bits per heavy atom. The molecule has 0 unspecified atom stereocenters. The first-order valence-electron chi connectivity index (χ1n) is 8.37. The smallest absolute Gasteiger partial charge is 0.335 e. The number of aromatic carboxylic acids is 1. The first-order chi connectivity index (χ1) is 11.7. The summed E-state index contributed by atoms with van der Waals surface area (Å²) in [4.78, 5) is 11.2. The second-order valence-electron chi connectivity index (χ2n) is 6.25. The van der Waals surface area contributed by atoms with Gasteiger partial charge < -0.3 is 15.2 Å². The van der Waals surface area contributed by atoms with Crippen molar-refractivity contribution in [3.8, 4) is 5.75 Å². The average Bonchev–Trinajstić information content (AvgIpc) is 2.61. The maximum atomic E-state index is 11.2. The largest absolute Gasteiger partial charge is 0.496 e. The number of carbonyl (C=O) groups is 1. The Kier molecular flexibility index (Phi) is 5.16. The molecule has 0 radical (unpaired) electrons. The maximum Gasteiger partial charge on any atom is 0.335 e. The number of hydrogen-bond donors (Lipinski definition) is 2. The van der Waals surface area contributed by atoms with Crippen LogP contribution in [0.4, 0.5) is 0 Å². The minimum absolute atomic E-state index is 0.364. The number of carboxylic acid groups (broad SMARTS) is 1. The standard InChI is InChI=1S/C20H23NO3/c1-24-19-8-3-2-5-17(19)13-21-12-16-7-4-6-14-9-10-15(20(22)23)11-18(14)16/h2-3,5,8-11,16,21H,4,6-7,12-13H2,1H3,(H,22,23)/t16-/m1/s1. The summed E-state index contributed by atoms with van der Waals surface area (Å²) in [5.41, 5.74) is 3.99. The van der Waals surface area contributed by atoms with Gasteiger partial charge >= 0.3 is 5.97 Å². The zero-order valence-electron chi connectivity index (χ0n) is 13.9. The van der Waals surface area contributed by atoms with E-state index in [1.807, 2.05) is 30.3 Å². The van der Waals surface area contributed by atoms with E-state index in [4.69, 9.17) is 4.74 Å². The molecule has 24 heavy (non-hydrogen) atoms. The first kappa shape index (κ1) is 16.5. The Bertz CT molecular complexity index is 727. The predicted octanol–water partition coefficient (Wildman–Crippen LogP) is 3.60. The van der Waals surface area contributed by atoms with Gasteiger partial charge in [-0.3, -0.25) is 0 Å². The van der Waals surface area contributed by atoms with Gasteiger partial charge in [0, 0.05) is 18.7 Å². The zero-order chi connectivity index (χ0) is 16.9. The molecule has 0 bridgehead atoms. The summed E-state index contributed by atoms with van der Waals surface area (Å²) in [5, 5.41) is 12.7. The molecule has 4 heteroatoms. The van der Waals surface area contributed by atoms with Crippen LogP contribution in [0.15, 0.2) is 42.5 Å². The highest BCUT2D eigenvalue weighted by atomic mass is 16.5. The zero-order valence-corrected chi connectivity index (χ0v) is 13.9. The molecule has 0 aliphatic heterocycles. The fraction of sp³-hybridized carbons (Fsp3) is 0.350. The molecular weight excluding hydrogens is 302 g/mol. The Morgan fingerprint density at radius 1 is 1.29 bits per heavy atom. The molecule has 0 amide bonds. The van der Waals surface area contributed by atoms with Crippen molar-refractivity contribution >= 4 is 5.97 Å². The van der Waals surface area contributed by atoms with Crippen molar-refractivity contribution in [3.63, 3.8) is 0 Å². The molecule has 2 aromatic carbocycles. The molecule has 0 saturated carbocycles.